The zero-order valence-corrected chi connectivity index (χ0v) is 21.4. The number of nitrogens with one attached hydrogen (secondary N) is 1. The van der Waals surface area contributed by atoms with Crippen molar-refractivity contribution >= 4 is 28.2 Å². The predicted octanol–water partition coefficient (Wildman–Crippen LogP) is 6.98. The van der Waals surface area contributed by atoms with Crippen molar-refractivity contribution in [1.29, 1.82) is 0 Å². The minimum atomic E-state index is -0.663. The van der Waals surface area contributed by atoms with Crippen LogP contribution in [0.3, 0.4) is 0 Å². The van der Waals surface area contributed by atoms with Gasteiger partial charge in [-0.25, -0.2) is 8.78 Å². The molecule has 0 aliphatic carbocycles. The number of hydrogen-bond donors (Lipinski definition) is 2. The average Bonchev–Trinajstić information content (AvgIpc) is 3.35. The molecule has 0 spiro atoms. The number of carbonyl (C=O) groups excluding carboxylic acids is 1. The Morgan fingerprint density at radius 1 is 1.00 bits per heavy atom. The number of carbonyl (C=O) groups is 1. The van der Waals surface area contributed by atoms with E-state index in [-0.39, 0.29) is 22.9 Å². The quantitative estimate of drug-likeness (QED) is 0.247. The van der Waals surface area contributed by atoms with Crippen LogP contribution in [0.2, 0.25) is 0 Å². The third-order valence-corrected chi connectivity index (χ3v) is 7.16. The van der Waals surface area contributed by atoms with Gasteiger partial charge in [0.05, 0.1) is 11.4 Å². The summed E-state index contributed by atoms with van der Waals surface area (Å²) in [5, 5.41) is 3.61. The molecule has 1 aliphatic rings. The topological polar surface area (TPSA) is 72.5 Å². The molecule has 0 atom stereocenters. The highest BCUT2D eigenvalue weighted by Crippen LogP contribution is 2.30. The largest absolute Gasteiger partial charge is 0.457 e. The van der Waals surface area contributed by atoms with Gasteiger partial charge in [-0.2, -0.15) is 0 Å². The minimum absolute atomic E-state index is 0.000485. The van der Waals surface area contributed by atoms with E-state index in [0.29, 0.717) is 11.6 Å². The van der Waals surface area contributed by atoms with Crippen LogP contribution in [0, 0.1) is 11.6 Å². The summed E-state index contributed by atoms with van der Waals surface area (Å²) in [4.78, 5) is 15.5. The van der Waals surface area contributed by atoms with Gasteiger partial charge in [-0.15, -0.1) is 0 Å². The second kappa shape index (κ2) is 11.2. The molecular weight excluding hydrogens is 486 g/mol. The highest BCUT2D eigenvalue weighted by molar-refractivity contribution is 6.06. The SMILES string of the molecule is CCCCN1CCC(n2ccc3cc(C(=O)Nc4ccc(Oc5ccc(N)c(F)c5)cc4F)ccc32)CC1. The van der Waals surface area contributed by atoms with Crippen LogP contribution in [0.1, 0.15) is 49.0 Å². The van der Waals surface area contributed by atoms with Crippen molar-refractivity contribution in [1.82, 2.24) is 9.47 Å². The fourth-order valence-corrected chi connectivity index (χ4v) is 4.99. The summed E-state index contributed by atoms with van der Waals surface area (Å²) < 4.78 is 36.2. The molecule has 0 unspecified atom stereocenters. The van der Waals surface area contributed by atoms with Crippen molar-refractivity contribution in [2.45, 2.75) is 38.6 Å². The number of benzene rings is 3. The monoisotopic (exact) mass is 518 g/mol. The summed E-state index contributed by atoms with van der Waals surface area (Å²) in [6.45, 7) is 5.62. The first-order valence-electron chi connectivity index (χ1n) is 13.1. The van der Waals surface area contributed by atoms with Crippen LogP contribution in [-0.2, 0) is 0 Å². The molecule has 38 heavy (non-hydrogen) atoms. The fraction of sp³-hybridized carbons (Fsp3) is 0.300. The molecule has 0 bridgehead atoms. The van der Waals surface area contributed by atoms with Gasteiger partial charge in [0.1, 0.15) is 23.1 Å². The van der Waals surface area contributed by atoms with Gasteiger partial charge in [0, 0.05) is 53.9 Å². The van der Waals surface area contributed by atoms with Crippen LogP contribution in [0.4, 0.5) is 20.2 Å². The summed E-state index contributed by atoms with van der Waals surface area (Å²) >= 11 is 0. The summed E-state index contributed by atoms with van der Waals surface area (Å²) in [5.41, 5.74) is 7.04. The predicted molar refractivity (Wildman–Crippen MR) is 147 cm³/mol. The van der Waals surface area contributed by atoms with Gasteiger partial charge in [-0.05, 0) is 74.3 Å². The molecule has 1 saturated heterocycles. The molecular formula is C30H32F2N4O2. The number of likely N-dealkylation sites (tertiary alicyclic amines) is 1. The van der Waals surface area contributed by atoms with Gasteiger partial charge >= 0.3 is 0 Å². The molecule has 0 radical (unpaired) electrons. The molecule has 1 aromatic heterocycles. The normalized spacial score (nSPS) is 14.6. The second-order valence-electron chi connectivity index (χ2n) is 9.80. The summed E-state index contributed by atoms with van der Waals surface area (Å²) in [6.07, 6.45) is 6.79. The molecule has 8 heteroatoms. The Labute approximate surface area is 221 Å². The van der Waals surface area contributed by atoms with Gasteiger partial charge in [0.25, 0.3) is 5.91 Å². The smallest absolute Gasteiger partial charge is 0.255 e. The number of nitrogens with zero attached hydrogens (tertiary/aromatic N) is 2. The standard InChI is InChI=1S/C30H32F2N4O2/c1-2-3-13-35-14-11-22(12-15-35)36-16-10-20-17-21(4-9-29(20)36)30(37)34-28-8-6-24(19-26(28)32)38-23-5-7-27(33)25(31)18-23/h4-10,16-19,22H,2-3,11-15,33H2,1H3,(H,34,37). The molecule has 0 saturated carbocycles. The highest BCUT2D eigenvalue weighted by atomic mass is 19.1. The van der Waals surface area contributed by atoms with Crippen molar-refractivity contribution in [3.8, 4) is 11.5 Å². The van der Waals surface area contributed by atoms with Crippen LogP contribution in [-0.4, -0.2) is 35.0 Å². The Balaban J connectivity index is 1.24. The van der Waals surface area contributed by atoms with Crippen LogP contribution in [0.5, 0.6) is 11.5 Å². The molecule has 6 nitrogen and oxygen atoms in total. The Morgan fingerprint density at radius 3 is 2.45 bits per heavy atom. The first-order valence-corrected chi connectivity index (χ1v) is 13.1. The maximum absolute atomic E-state index is 14.7. The average molecular weight is 519 g/mol. The molecule has 3 N–H and O–H groups in total. The number of piperidine rings is 1. The summed E-state index contributed by atoms with van der Waals surface area (Å²) in [5.74, 6) is -1.33. The zero-order valence-electron chi connectivity index (χ0n) is 21.4. The molecule has 1 aliphatic heterocycles. The van der Waals surface area contributed by atoms with Crippen molar-refractivity contribution in [2.24, 2.45) is 0 Å². The van der Waals surface area contributed by atoms with Crippen LogP contribution in [0.15, 0.2) is 66.9 Å². The number of anilines is 2. The van der Waals surface area contributed by atoms with E-state index in [1.54, 1.807) is 6.07 Å². The Morgan fingerprint density at radius 2 is 1.74 bits per heavy atom. The minimum Gasteiger partial charge on any atom is -0.457 e. The van der Waals surface area contributed by atoms with Gasteiger partial charge in [0.2, 0.25) is 0 Å². The van der Waals surface area contributed by atoms with Crippen LogP contribution >= 0.6 is 0 Å². The summed E-state index contributed by atoms with van der Waals surface area (Å²) in [6, 6.07) is 16.1. The van der Waals surface area contributed by atoms with E-state index < -0.39 is 17.5 Å². The number of nitrogen functional groups attached to an aromatic ring is 1. The van der Waals surface area contributed by atoms with Crippen molar-refractivity contribution in [3.05, 3.63) is 84.1 Å². The van der Waals surface area contributed by atoms with Crippen LogP contribution in [0.25, 0.3) is 10.9 Å². The first-order chi connectivity index (χ1) is 18.4. The van der Waals surface area contributed by atoms with E-state index in [4.69, 9.17) is 10.5 Å². The van der Waals surface area contributed by atoms with E-state index in [9.17, 15) is 13.6 Å². The summed E-state index contributed by atoms with van der Waals surface area (Å²) in [7, 11) is 0. The third-order valence-electron chi connectivity index (χ3n) is 7.16. The number of ether oxygens (including phenoxy) is 1. The lowest BCUT2D eigenvalue weighted by Crippen LogP contribution is -2.35. The lowest BCUT2D eigenvalue weighted by atomic mass is 10.0. The number of amides is 1. The van der Waals surface area contributed by atoms with E-state index >= 15 is 0 Å². The lowest BCUT2D eigenvalue weighted by Gasteiger charge is -2.33. The van der Waals surface area contributed by atoms with Gasteiger partial charge in [-0.1, -0.05) is 13.3 Å². The van der Waals surface area contributed by atoms with Gasteiger partial charge < -0.3 is 25.3 Å². The Bertz CT molecular complexity index is 1440. The molecule has 5 rings (SSSR count). The fourth-order valence-electron chi connectivity index (χ4n) is 4.99. The number of halogens is 2. The maximum atomic E-state index is 14.7. The lowest BCUT2D eigenvalue weighted by molar-refractivity contribution is 0.102. The van der Waals surface area contributed by atoms with Gasteiger partial charge in [-0.3, -0.25) is 4.79 Å². The van der Waals surface area contributed by atoms with Crippen molar-refractivity contribution in [2.75, 3.05) is 30.7 Å². The van der Waals surface area contributed by atoms with Gasteiger partial charge in [0.15, 0.2) is 0 Å². The number of unbranched alkanes of at least 4 members (excludes halogenated alkanes) is 1. The van der Waals surface area contributed by atoms with E-state index in [0.717, 1.165) is 49.0 Å². The molecule has 1 amide bonds. The van der Waals surface area contributed by atoms with Crippen LogP contribution < -0.4 is 15.8 Å². The Hall–Kier alpha value is -3.91. The molecule has 1 fully saturated rings. The number of nitrogens with two attached hydrogens (primary N) is 1. The van der Waals surface area contributed by atoms with E-state index in [2.05, 4.69) is 27.9 Å². The molecule has 3 aromatic carbocycles. The highest BCUT2D eigenvalue weighted by Gasteiger charge is 2.21. The van der Waals surface area contributed by atoms with Crippen molar-refractivity contribution < 1.29 is 18.3 Å². The second-order valence-corrected chi connectivity index (χ2v) is 9.80. The van der Waals surface area contributed by atoms with Crippen molar-refractivity contribution in [3.63, 3.8) is 0 Å². The molecule has 4 aromatic rings. The number of aromatic nitrogens is 1. The number of fused-ring (bicyclic) bond motifs is 1. The molecule has 2 heterocycles. The maximum Gasteiger partial charge on any atom is 0.255 e. The zero-order chi connectivity index (χ0) is 26.6. The van der Waals surface area contributed by atoms with E-state index in [1.807, 2.05) is 18.2 Å². The Kier molecular flexibility index (Phi) is 7.60. The third kappa shape index (κ3) is 5.65. The molecule has 198 valence electrons. The number of hydrogen-bond acceptors (Lipinski definition) is 4. The van der Waals surface area contributed by atoms with E-state index in [1.165, 1.54) is 43.7 Å². The first kappa shape index (κ1) is 25.7. The number of rotatable bonds is 8.